The lowest BCUT2D eigenvalue weighted by Gasteiger charge is -2.31. The molecule has 1 aliphatic heterocycles. The number of unbranched alkanes of at least 4 members (excludes halogenated alkanes) is 8. The number of carbonyl (C=O) groups is 2. The largest absolute Gasteiger partial charge is 0.274 e. The molecule has 0 radical (unpaired) electrons. The van der Waals surface area contributed by atoms with Crippen LogP contribution in [0.1, 0.15) is 123 Å². The number of hydrogen-bond acceptors (Lipinski definition) is 2. The Bertz CT molecular complexity index is 934. The smallest absolute Gasteiger partial charge is 0.261 e. The van der Waals surface area contributed by atoms with Gasteiger partial charge in [-0.1, -0.05) is 90.2 Å². The molecule has 0 fully saturated rings. The van der Waals surface area contributed by atoms with Crippen molar-refractivity contribution in [1.82, 2.24) is 4.90 Å². The highest BCUT2D eigenvalue weighted by Crippen LogP contribution is 2.38. The number of benzene rings is 2. The summed E-state index contributed by atoms with van der Waals surface area (Å²) in [4.78, 5) is 28.6. The first-order valence-corrected chi connectivity index (χ1v) is 13.6. The van der Waals surface area contributed by atoms with E-state index in [4.69, 9.17) is 0 Å². The first-order valence-electron chi connectivity index (χ1n) is 13.6. The second-order valence-corrected chi connectivity index (χ2v) is 10.3. The van der Waals surface area contributed by atoms with Gasteiger partial charge in [0, 0.05) is 23.1 Å². The van der Waals surface area contributed by atoms with Crippen LogP contribution in [0.4, 0.5) is 0 Å². The molecule has 0 saturated heterocycles. The number of amides is 2. The average molecular weight is 448 g/mol. The van der Waals surface area contributed by atoms with E-state index in [0.29, 0.717) is 12.5 Å². The fourth-order valence-electron chi connectivity index (χ4n) is 5.89. The number of hydrogen-bond donors (Lipinski definition) is 0. The van der Waals surface area contributed by atoms with Crippen LogP contribution in [-0.4, -0.2) is 23.3 Å². The zero-order valence-corrected chi connectivity index (χ0v) is 20.8. The van der Waals surface area contributed by atoms with Crippen molar-refractivity contribution >= 4 is 22.6 Å². The van der Waals surface area contributed by atoms with Crippen molar-refractivity contribution < 1.29 is 9.59 Å². The Hall–Kier alpha value is -2.16. The van der Waals surface area contributed by atoms with E-state index in [0.717, 1.165) is 42.2 Å². The van der Waals surface area contributed by atoms with Gasteiger partial charge in [-0.2, -0.15) is 0 Å². The van der Waals surface area contributed by atoms with Crippen LogP contribution in [0.25, 0.3) is 10.8 Å². The van der Waals surface area contributed by atoms with Gasteiger partial charge >= 0.3 is 0 Å². The maximum atomic E-state index is 13.5. The highest BCUT2D eigenvalue weighted by molar-refractivity contribution is 6.26. The van der Waals surface area contributed by atoms with Crippen LogP contribution in [0.2, 0.25) is 0 Å². The van der Waals surface area contributed by atoms with Crippen molar-refractivity contribution in [2.45, 2.75) is 104 Å². The van der Waals surface area contributed by atoms with E-state index < -0.39 is 0 Å². The second kappa shape index (κ2) is 11.3. The Morgan fingerprint density at radius 3 is 1.70 bits per heavy atom. The lowest BCUT2D eigenvalue weighted by molar-refractivity contribution is 0.0577. The monoisotopic (exact) mass is 447 g/mol. The van der Waals surface area contributed by atoms with Gasteiger partial charge in [-0.15, -0.1) is 0 Å². The van der Waals surface area contributed by atoms with Crippen molar-refractivity contribution in [3.8, 4) is 0 Å². The molecule has 3 nitrogen and oxygen atoms in total. The lowest BCUT2D eigenvalue weighted by Crippen LogP contribution is -2.43. The summed E-state index contributed by atoms with van der Waals surface area (Å²) < 4.78 is 0. The first kappa shape index (κ1) is 24.0. The standard InChI is InChI=1S/C30H41NO2/c1-3-5-7-9-10-12-14-22(13-11-8-6-4-2)21-31-29(32)25-19-17-23-15-16-24-18-20-26(30(31)33)28(25)27(23)24/h17-20,22H,3-16,21H2,1-2H3. The van der Waals surface area contributed by atoms with Crippen LogP contribution in [0.15, 0.2) is 24.3 Å². The fraction of sp³-hybridized carbons (Fsp3) is 0.600. The van der Waals surface area contributed by atoms with Gasteiger partial charge in [0.15, 0.2) is 0 Å². The third-order valence-corrected chi connectivity index (χ3v) is 7.82. The second-order valence-electron chi connectivity index (χ2n) is 10.3. The molecule has 178 valence electrons. The van der Waals surface area contributed by atoms with E-state index in [9.17, 15) is 9.59 Å². The molecule has 0 spiro atoms. The summed E-state index contributed by atoms with van der Waals surface area (Å²) in [6.45, 7) is 5.07. The minimum atomic E-state index is -0.0791. The molecule has 33 heavy (non-hydrogen) atoms. The molecule has 1 aliphatic carbocycles. The Kier molecular flexibility index (Phi) is 8.22. The predicted octanol–water partition coefficient (Wildman–Crippen LogP) is 7.87. The molecular weight excluding hydrogens is 406 g/mol. The van der Waals surface area contributed by atoms with E-state index in [-0.39, 0.29) is 11.8 Å². The highest BCUT2D eigenvalue weighted by atomic mass is 16.2. The molecule has 1 unspecified atom stereocenters. The third-order valence-electron chi connectivity index (χ3n) is 7.82. The molecular formula is C30H41NO2. The van der Waals surface area contributed by atoms with E-state index in [2.05, 4.69) is 26.0 Å². The van der Waals surface area contributed by atoms with Crippen LogP contribution in [0, 0.1) is 5.92 Å². The summed E-state index contributed by atoms with van der Waals surface area (Å²) in [5.74, 6) is 0.251. The van der Waals surface area contributed by atoms with Gasteiger partial charge < -0.3 is 0 Å². The molecule has 0 saturated carbocycles. The molecule has 4 rings (SSSR count). The molecule has 2 aliphatic rings. The quantitative estimate of drug-likeness (QED) is 0.218. The van der Waals surface area contributed by atoms with Crippen molar-refractivity contribution in [1.29, 1.82) is 0 Å². The Labute approximate surface area is 199 Å². The summed E-state index contributed by atoms with van der Waals surface area (Å²) in [7, 11) is 0. The predicted molar refractivity (Wildman–Crippen MR) is 137 cm³/mol. The molecule has 0 bridgehead atoms. The van der Waals surface area contributed by atoms with E-state index in [1.807, 2.05) is 12.1 Å². The molecule has 0 aromatic heterocycles. The SMILES string of the molecule is CCCCCCCCC(CCCCCC)CN1C(=O)c2ccc3c4c(ccc(c24)C1=O)CC3. The van der Waals surface area contributed by atoms with E-state index >= 15 is 0 Å². The number of carbonyl (C=O) groups excluding carboxylic acids is 2. The third kappa shape index (κ3) is 5.18. The van der Waals surface area contributed by atoms with Crippen molar-refractivity contribution in [3.63, 3.8) is 0 Å². The van der Waals surface area contributed by atoms with Crippen LogP contribution in [-0.2, 0) is 12.8 Å². The first-order chi connectivity index (χ1) is 16.2. The maximum Gasteiger partial charge on any atom is 0.261 e. The normalized spacial score (nSPS) is 15.6. The zero-order valence-electron chi connectivity index (χ0n) is 20.8. The van der Waals surface area contributed by atoms with Gasteiger partial charge in [0.2, 0.25) is 0 Å². The summed E-state index contributed by atoms with van der Waals surface area (Å²) in [5.41, 5.74) is 4.04. The molecule has 2 aromatic carbocycles. The van der Waals surface area contributed by atoms with Gasteiger partial charge in [-0.05, 0) is 60.2 Å². The summed E-state index contributed by atoms with van der Waals surface area (Å²) in [6, 6.07) is 8.18. The van der Waals surface area contributed by atoms with Gasteiger partial charge in [0.25, 0.3) is 11.8 Å². The molecule has 0 N–H and O–H groups in total. The van der Waals surface area contributed by atoms with E-state index in [1.54, 1.807) is 4.90 Å². The van der Waals surface area contributed by atoms with E-state index in [1.165, 1.54) is 80.7 Å². The van der Waals surface area contributed by atoms with Crippen LogP contribution in [0.5, 0.6) is 0 Å². The van der Waals surface area contributed by atoms with Crippen molar-refractivity contribution in [2.24, 2.45) is 5.92 Å². The topological polar surface area (TPSA) is 37.4 Å². The van der Waals surface area contributed by atoms with Gasteiger partial charge in [0.05, 0.1) is 0 Å². The van der Waals surface area contributed by atoms with Crippen molar-refractivity contribution in [2.75, 3.05) is 6.54 Å². The molecule has 1 atom stereocenters. The van der Waals surface area contributed by atoms with Gasteiger partial charge in [0.1, 0.15) is 0 Å². The zero-order chi connectivity index (χ0) is 23.2. The van der Waals surface area contributed by atoms with Gasteiger partial charge in [-0.3, -0.25) is 14.5 Å². The summed E-state index contributed by atoms with van der Waals surface area (Å²) in [6.07, 6.45) is 16.9. The molecule has 3 heteroatoms. The van der Waals surface area contributed by atoms with Crippen LogP contribution >= 0.6 is 0 Å². The number of rotatable bonds is 14. The number of aryl methyl sites for hydroxylation is 2. The minimum absolute atomic E-state index is 0.0791. The summed E-state index contributed by atoms with van der Waals surface area (Å²) >= 11 is 0. The highest BCUT2D eigenvalue weighted by Gasteiger charge is 2.35. The Balaban J connectivity index is 1.48. The Morgan fingerprint density at radius 1 is 0.667 bits per heavy atom. The number of imide groups is 1. The molecule has 2 aromatic rings. The summed E-state index contributed by atoms with van der Waals surface area (Å²) in [5, 5.41) is 2.10. The van der Waals surface area contributed by atoms with Gasteiger partial charge in [-0.25, -0.2) is 0 Å². The maximum absolute atomic E-state index is 13.5. The minimum Gasteiger partial charge on any atom is -0.274 e. The van der Waals surface area contributed by atoms with Crippen LogP contribution < -0.4 is 0 Å². The fourth-order valence-corrected chi connectivity index (χ4v) is 5.89. The lowest BCUT2D eigenvalue weighted by atomic mass is 9.89. The molecule has 1 heterocycles. The Morgan fingerprint density at radius 2 is 1.15 bits per heavy atom. The van der Waals surface area contributed by atoms with Crippen molar-refractivity contribution in [3.05, 3.63) is 46.5 Å². The number of nitrogens with zero attached hydrogens (tertiary/aromatic N) is 1. The van der Waals surface area contributed by atoms with Crippen LogP contribution in [0.3, 0.4) is 0 Å². The average Bonchev–Trinajstić information content (AvgIpc) is 3.25. The molecule has 2 amide bonds.